The Morgan fingerprint density at radius 1 is 1.11 bits per heavy atom. The Bertz CT molecular complexity index is 1430. The van der Waals surface area contributed by atoms with Crippen LogP contribution in [0.3, 0.4) is 0 Å². The van der Waals surface area contributed by atoms with E-state index in [4.69, 9.17) is 16.2 Å². The summed E-state index contributed by atoms with van der Waals surface area (Å²) < 4.78 is 7.84. The Morgan fingerprint density at radius 2 is 1.92 bits per heavy atom. The van der Waals surface area contributed by atoms with Gasteiger partial charge in [0.1, 0.15) is 6.10 Å². The van der Waals surface area contributed by atoms with Gasteiger partial charge >= 0.3 is 0 Å². The molecule has 0 spiro atoms. The van der Waals surface area contributed by atoms with Gasteiger partial charge in [0.2, 0.25) is 5.91 Å². The highest BCUT2D eigenvalue weighted by molar-refractivity contribution is 7.98. The molecule has 0 saturated carbocycles. The zero-order valence-electron chi connectivity index (χ0n) is 20.1. The maximum Gasteiger partial charge on any atom is 0.255 e. The Labute approximate surface area is 212 Å². The summed E-state index contributed by atoms with van der Waals surface area (Å²) in [5.41, 5.74) is 15.3. The van der Waals surface area contributed by atoms with Gasteiger partial charge in [0.05, 0.1) is 11.8 Å². The molecule has 0 unspecified atom stereocenters. The molecule has 2 amide bonds. The van der Waals surface area contributed by atoms with E-state index in [1.165, 1.54) is 17.8 Å². The number of primary amides is 1. The molecule has 5 N–H and O–H groups in total. The Hall–Kier alpha value is -4.31. The quantitative estimate of drug-likeness (QED) is 0.306. The highest BCUT2D eigenvalue weighted by atomic mass is 32.2. The number of carbonyl (C=O) groups excluding carboxylic acids is 2. The average molecular weight is 503 g/mol. The van der Waals surface area contributed by atoms with Crippen molar-refractivity contribution in [3.8, 4) is 16.9 Å². The van der Waals surface area contributed by atoms with E-state index in [1.54, 1.807) is 35.3 Å². The SMILES string of the molecule is CSc1ccc(C(=O)Nc2cccc([C@@H](C)Oc3cc(-c4cnn(C)c4)cnc3N)c2)cc1C(N)=O. The summed E-state index contributed by atoms with van der Waals surface area (Å²) in [4.78, 5) is 29.6. The molecule has 4 rings (SSSR count). The van der Waals surface area contributed by atoms with Crippen molar-refractivity contribution < 1.29 is 14.3 Å². The molecule has 2 aromatic heterocycles. The first-order chi connectivity index (χ1) is 17.2. The number of nitrogens with two attached hydrogens (primary N) is 2. The summed E-state index contributed by atoms with van der Waals surface area (Å²) in [5.74, 6) is -0.208. The van der Waals surface area contributed by atoms with Gasteiger partial charge < -0.3 is 21.5 Å². The average Bonchev–Trinajstić information content (AvgIpc) is 3.31. The van der Waals surface area contributed by atoms with Gasteiger partial charge in [-0.15, -0.1) is 11.8 Å². The van der Waals surface area contributed by atoms with Gasteiger partial charge in [-0.05, 0) is 55.1 Å². The Morgan fingerprint density at radius 3 is 2.61 bits per heavy atom. The molecule has 0 aliphatic rings. The predicted octanol–water partition coefficient (Wildman–Crippen LogP) is 4.28. The highest BCUT2D eigenvalue weighted by Crippen LogP contribution is 2.31. The van der Waals surface area contributed by atoms with E-state index in [0.29, 0.717) is 27.5 Å². The lowest BCUT2D eigenvalue weighted by molar-refractivity contribution is 0.0997. The summed E-state index contributed by atoms with van der Waals surface area (Å²) >= 11 is 1.39. The van der Waals surface area contributed by atoms with Gasteiger partial charge in [-0.25, -0.2) is 4.98 Å². The summed E-state index contributed by atoms with van der Waals surface area (Å²) in [6.07, 6.45) is 6.77. The Kier molecular flexibility index (Phi) is 7.25. The van der Waals surface area contributed by atoms with Gasteiger partial charge in [0.25, 0.3) is 5.91 Å². The number of amides is 2. The maximum atomic E-state index is 12.8. The monoisotopic (exact) mass is 502 g/mol. The molecule has 9 nitrogen and oxygen atoms in total. The number of ether oxygens (including phenoxy) is 1. The fourth-order valence-corrected chi connectivity index (χ4v) is 4.23. The van der Waals surface area contributed by atoms with Crippen LogP contribution in [0, 0.1) is 0 Å². The van der Waals surface area contributed by atoms with Crippen LogP contribution in [0.4, 0.5) is 11.5 Å². The topological polar surface area (TPSA) is 138 Å². The number of carbonyl (C=O) groups is 2. The van der Waals surface area contributed by atoms with Crippen LogP contribution in [0.15, 0.2) is 72.0 Å². The van der Waals surface area contributed by atoms with Gasteiger partial charge in [-0.3, -0.25) is 14.3 Å². The largest absolute Gasteiger partial charge is 0.482 e. The van der Waals surface area contributed by atoms with Crippen LogP contribution in [0.5, 0.6) is 5.75 Å². The van der Waals surface area contributed by atoms with E-state index in [1.807, 2.05) is 50.7 Å². The molecule has 1 atom stereocenters. The van der Waals surface area contributed by atoms with Crippen molar-refractivity contribution in [2.75, 3.05) is 17.3 Å². The molecule has 0 aliphatic carbocycles. The van der Waals surface area contributed by atoms with Crippen molar-refractivity contribution in [3.05, 3.63) is 83.8 Å². The fraction of sp³-hybridized carbons (Fsp3) is 0.154. The number of thioether (sulfide) groups is 1. The van der Waals surface area contributed by atoms with Gasteiger partial charge in [-0.2, -0.15) is 5.10 Å². The molecular formula is C26H26N6O3S. The minimum atomic E-state index is -0.580. The number of aromatic nitrogens is 3. The summed E-state index contributed by atoms with van der Waals surface area (Å²) in [7, 11) is 1.84. The standard InChI is InChI=1S/C26H26N6O3S/c1-15(35-22-11-18(12-29-24(22)27)19-13-30-32(2)14-19)16-5-4-6-20(9-16)31-26(34)17-7-8-23(36-3)21(10-17)25(28)33/h4-15H,1-3H3,(H2,27,29)(H2,28,33)(H,31,34)/t15-/m1/s1. The second-order valence-corrected chi connectivity index (χ2v) is 8.98. The van der Waals surface area contributed by atoms with Crippen LogP contribution in [-0.4, -0.2) is 32.8 Å². The minimum absolute atomic E-state index is 0.276. The minimum Gasteiger partial charge on any atom is -0.482 e. The van der Waals surface area contributed by atoms with Crippen LogP contribution < -0.4 is 21.5 Å². The van der Waals surface area contributed by atoms with Gasteiger partial charge in [-0.1, -0.05) is 12.1 Å². The fourth-order valence-electron chi connectivity index (χ4n) is 3.65. The smallest absolute Gasteiger partial charge is 0.255 e. The molecule has 10 heteroatoms. The van der Waals surface area contributed by atoms with Crippen molar-refractivity contribution in [3.63, 3.8) is 0 Å². The lowest BCUT2D eigenvalue weighted by Gasteiger charge is -2.18. The van der Waals surface area contributed by atoms with Crippen molar-refractivity contribution in [1.29, 1.82) is 0 Å². The summed E-state index contributed by atoms with van der Waals surface area (Å²) in [6.45, 7) is 1.89. The predicted molar refractivity (Wildman–Crippen MR) is 141 cm³/mol. The lowest BCUT2D eigenvalue weighted by Crippen LogP contribution is -2.16. The molecule has 0 radical (unpaired) electrons. The molecule has 0 fully saturated rings. The van der Waals surface area contributed by atoms with E-state index >= 15 is 0 Å². The van der Waals surface area contributed by atoms with E-state index < -0.39 is 5.91 Å². The molecule has 184 valence electrons. The third-order valence-electron chi connectivity index (χ3n) is 5.56. The zero-order valence-corrected chi connectivity index (χ0v) is 20.9. The van der Waals surface area contributed by atoms with Crippen LogP contribution in [0.2, 0.25) is 0 Å². The molecule has 36 heavy (non-hydrogen) atoms. The van der Waals surface area contributed by atoms with E-state index in [-0.39, 0.29) is 17.8 Å². The molecule has 0 saturated heterocycles. The second kappa shape index (κ2) is 10.5. The van der Waals surface area contributed by atoms with Gasteiger partial charge in [0.15, 0.2) is 11.6 Å². The zero-order chi connectivity index (χ0) is 25.8. The van der Waals surface area contributed by atoms with Crippen LogP contribution in [0.25, 0.3) is 11.1 Å². The number of nitrogens with zero attached hydrogens (tertiary/aromatic N) is 3. The lowest BCUT2D eigenvalue weighted by atomic mass is 10.1. The number of benzene rings is 2. The number of hydrogen-bond donors (Lipinski definition) is 3. The number of rotatable bonds is 8. The first-order valence-electron chi connectivity index (χ1n) is 11.1. The molecule has 2 heterocycles. The molecule has 0 bridgehead atoms. The third-order valence-corrected chi connectivity index (χ3v) is 6.36. The van der Waals surface area contributed by atoms with Gasteiger partial charge in [0, 0.05) is 46.7 Å². The number of pyridine rings is 1. The normalized spacial score (nSPS) is 11.6. The Balaban J connectivity index is 1.51. The molecule has 0 aliphatic heterocycles. The summed E-state index contributed by atoms with van der Waals surface area (Å²) in [5, 5.41) is 7.05. The van der Waals surface area contributed by atoms with Crippen molar-refractivity contribution in [2.24, 2.45) is 12.8 Å². The first kappa shape index (κ1) is 24.8. The van der Waals surface area contributed by atoms with Crippen LogP contribution in [-0.2, 0) is 7.05 Å². The van der Waals surface area contributed by atoms with E-state index in [0.717, 1.165) is 16.7 Å². The highest BCUT2D eigenvalue weighted by Gasteiger charge is 2.16. The van der Waals surface area contributed by atoms with Crippen molar-refractivity contribution in [2.45, 2.75) is 17.9 Å². The maximum absolute atomic E-state index is 12.8. The molecule has 4 aromatic rings. The second-order valence-electron chi connectivity index (χ2n) is 8.13. The number of aryl methyl sites for hydroxylation is 1. The number of anilines is 2. The number of nitrogen functional groups attached to an aromatic ring is 1. The summed E-state index contributed by atoms with van der Waals surface area (Å²) in [6, 6.07) is 14.0. The van der Waals surface area contributed by atoms with E-state index in [9.17, 15) is 9.59 Å². The van der Waals surface area contributed by atoms with Crippen LogP contribution in [0.1, 0.15) is 39.3 Å². The molecular weight excluding hydrogens is 476 g/mol. The van der Waals surface area contributed by atoms with Crippen molar-refractivity contribution in [1.82, 2.24) is 14.8 Å². The van der Waals surface area contributed by atoms with Crippen LogP contribution >= 0.6 is 11.8 Å². The third kappa shape index (κ3) is 5.49. The van der Waals surface area contributed by atoms with Crippen molar-refractivity contribution >= 4 is 35.1 Å². The number of nitrogens with one attached hydrogen (secondary N) is 1. The number of hydrogen-bond acceptors (Lipinski definition) is 7. The van der Waals surface area contributed by atoms with E-state index in [2.05, 4.69) is 15.4 Å². The molecule has 2 aromatic carbocycles. The first-order valence-corrected chi connectivity index (χ1v) is 12.3.